The van der Waals surface area contributed by atoms with E-state index in [-0.39, 0.29) is 36.3 Å². The molecule has 1 aromatic rings. The topological polar surface area (TPSA) is 117 Å². The van der Waals surface area contributed by atoms with Crippen molar-refractivity contribution in [2.75, 3.05) is 13.2 Å². The fraction of sp³-hybridized carbons (Fsp3) is 0.522. The van der Waals surface area contributed by atoms with E-state index in [0.717, 1.165) is 9.80 Å². The van der Waals surface area contributed by atoms with Crippen LogP contribution < -0.4 is 4.74 Å². The Hall–Kier alpha value is -3.06. The molecule has 178 valence electrons. The van der Waals surface area contributed by atoms with Crippen LogP contribution in [0.2, 0.25) is 0 Å². The maximum Gasteiger partial charge on any atom is 0.411 e. The van der Waals surface area contributed by atoms with Gasteiger partial charge >= 0.3 is 6.09 Å². The van der Waals surface area contributed by atoms with Crippen molar-refractivity contribution in [2.24, 2.45) is 0 Å². The number of amides is 2. The van der Waals surface area contributed by atoms with E-state index < -0.39 is 38.7 Å². The number of carbonyl (C=O) groups is 2. The van der Waals surface area contributed by atoms with Gasteiger partial charge in [0.1, 0.15) is 28.9 Å². The molecule has 2 atom stereocenters. The van der Waals surface area contributed by atoms with Crippen LogP contribution in [0.15, 0.2) is 41.8 Å². The molecule has 1 heterocycles. The van der Waals surface area contributed by atoms with Gasteiger partial charge < -0.3 is 9.47 Å². The molecule has 0 aromatic heterocycles. The molecule has 33 heavy (non-hydrogen) atoms. The zero-order chi connectivity index (χ0) is 24.4. The number of nitrogens with zero attached hydrogens (tertiary/aromatic N) is 3. The summed E-state index contributed by atoms with van der Waals surface area (Å²) in [5.74, 6) is -0.410. The molecule has 0 unspecified atom stereocenters. The number of carbonyl (C=O) groups excluding carboxylic acids is 2. The highest BCUT2D eigenvalue weighted by atomic mass is 32.2. The zero-order valence-electron chi connectivity index (χ0n) is 19.1. The Morgan fingerprint density at radius 1 is 1.30 bits per heavy atom. The van der Waals surface area contributed by atoms with Crippen molar-refractivity contribution in [3.63, 3.8) is 0 Å². The highest BCUT2D eigenvalue weighted by Crippen LogP contribution is 2.35. The molecule has 0 N–H and O–H groups in total. The van der Waals surface area contributed by atoms with Gasteiger partial charge in [0.25, 0.3) is 5.91 Å². The lowest BCUT2D eigenvalue weighted by atomic mass is 10.2. The molecule has 10 heteroatoms. The quantitative estimate of drug-likeness (QED) is 0.338. The van der Waals surface area contributed by atoms with Crippen molar-refractivity contribution in [1.82, 2.24) is 9.80 Å². The second-order valence-corrected chi connectivity index (χ2v) is 11.3. The molecule has 1 saturated heterocycles. The minimum atomic E-state index is -3.98. The number of para-hydroxylation sites is 1. The number of ether oxygens (including phenoxy) is 2. The van der Waals surface area contributed by atoms with E-state index in [0.29, 0.717) is 12.8 Å². The first-order chi connectivity index (χ1) is 15.5. The Labute approximate surface area is 194 Å². The largest absolute Gasteiger partial charge is 0.488 e. The summed E-state index contributed by atoms with van der Waals surface area (Å²) in [6.45, 7) is 8.53. The maximum absolute atomic E-state index is 13.6. The summed E-state index contributed by atoms with van der Waals surface area (Å²) >= 11 is 0. The second kappa shape index (κ2) is 9.43. The van der Waals surface area contributed by atoms with Gasteiger partial charge in [0.2, 0.25) is 0 Å². The van der Waals surface area contributed by atoms with Gasteiger partial charge in [-0.25, -0.2) is 18.1 Å². The third kappa shape index (κ3) is 5.47. The fourth-order valence-corrected chi connectivity index (χ4v) is 5.54. The molecule has 2 amide bonds. The van der Waals surface area contributed by atoms with Crippen molar-refractivity contribution >= 4 is 21.8 Å². The number of hydrogen-bond acceptors (Lipinski definition) is 7. The number of likely N-dealkylation sites (tertiary alicyclic amines) is 1. The number of hydrogen-bond donors (Lipinski definition) is 0. The molecule has 1 saturated carbocycles. The summed E-state index contributed by atoms with van der Waals surface area (Å²) in [7, 11) is -3.98. The molecular weight excluding hydrogens is 446 g/mol. The van der Waals surface area contributed by atoms with Gasteiger partial charge in [-0.05, 0) is 52.2 Å². The molecule has 1 aliphatic carbocycles. The summed E-state index contributed by atoms with van der Waals surface area (Å²) in [6.07, 6.45) is 3.88. The summed E-state index contributed by atoms with van der Waals surface area (Å²) in [4.78, 5) is 28.3. The molecule has 1 aromatic carbocycles. The Morgan fingerprint density at radius 2 is 1.97 bits per heavy atom. The third-order valence-corrected chi connectivity index (χ3v) is 7.55. The van der Waals surface area contributed by atoms with E-state index in [1.165, 1.54) is 12.1 Å². The van der Waals surface area contributed by atoms with Crippen LogP contribution in [-0.2, 0) is 19.4 Å². The van der Waals surface area contributed by atoms with Gasteiger partial charge in [0, 0.05) is 12.6 Å². The van der Waals surface area contributed by atoms with Gasteiger partial charge in [-0.3, -0.25) is 9.69 Å². The normalized spacial score (nSPS) is 20.6. The van der Waals surface area contributed by atoms with Crippen molar-refractivity contribution < 1.29 is 27.5 Å². The number of benzene rings is 1. The summed E-state index contributed by atoms with van der Waals surface area (Å²) < 4.78 is 38.1. The monoisotopic (exact) mass is 475 g/mol. The van der Waals surface area contributed by atoms with Gasteiger partial charge in [-0.2, -0.15) is 5.26 Å². The highest BCUT2D eigenvalue weighted by Gasteiger charge is 2.50. The van der Waals surface area contributed by atoms with Crippen LogP contribution >= 0.6 is 0 Å². The van der Waals surface area contributed by atoms with Crippen LogP contribution in [0, 0.1) is 11.5 Å². The molecule has 2 aliphatic rings. The van der Waals surface area contributed by atoms with E-state index >= 15 is 0 Å². The van der Waals surface area contributed by atoms with Crippen molar-refractivity contribution in [2.45, 2.75) is 67.9 Å². The van der Waals surface area contributed by atoms with Crippen molar-refractivity contribution in [3.05, 3.63) is 36.9 Å². The minimum absolute atomic E-state index is 0.0200. The lowest BCUT2D eigenvalue weighted by Gasteiger charge is -2.29. The summed E-state index contributed by atoms with van der Waals surface area (Å²) in [5.41, 5.74) is -0.835. The first-order valence-electron chi connectivity index (χ1n) is 10.8. The zero-order valence-corrected chi connectivity index (χ0v) is 19.9. The first kappa shape index (κ1) is 24.6. The Balaban J connectivity index is 1.94. The third-order valence-electron chi connectivity index (χ3n) is 5.38. The summed E-state index contributed by atoms with van der Waals surface area (Å²) in [6, 6.07) is 4.91. The molecule has 0 spiro atoms. The Bertz CT molecular complexity index is 1070. The predicted octanol–water partition coefficient (Wildman–Crippen LogP) is 2.88. The molecule has 0 radical (unpaired) electrons. The lowest BCUT2D eigenvalue weighted by Crippen LogP contribution is -2.48. The van der Waals surface area contributed by atoms with Crippen LogP contribution in [0.1, 0.15) is 40.0 Å². The van der Waals surface area contributed by atoms with E-state index in [1.807, 2.05) is 6.19 Å². The van der Waals surface area contributed by atoms with Crippen LogP contribution in [-0.4, -0.2) is 66.3 Å². The van der Waals surface area contributed by atoms with Crippen molar-refractivity contribution in [3.8, 4) is 11.9 Å². The highest BCUT2D eigenvalue weighted by molar-refractivity contribution is 7.92. The second-order valence-electron chi connectivity index (χ2n) is 9.14. The number of nitriles is 1. The molecule has 3 rings (SSSR count). The molecular formula is C23H29N3O6S. The average Bonchev–Trinajstić information content (AvgIpc) is 3.46. The molecule has 0 bridgehead atoms. The Kier molecular flexibility index (Phi) is 7.03. The molecule has 9 nitrogen and oxygen atoms in total. The van der Waals surface area contributed by atoms with E-state index in [4.69, 9.17) is 9.47 Å². The van der Waals surface area contributed by atoms with Crippen LogP contribution in [0.4, 0.5) is 4.79 Å². The lowest BCUT2D eigenvalue weighted by molar-refractivity contribution is -0.133. The first-order valence-corrected chi connectivity index (χ1v) is 12.3. The summed E-state index contributed by atoms with van der Waals surface area (Å²) in [5, 5.41) is 8.42. The van der Waals surface area contributed by atoms with Gasteiger partial charge in [0.05, 0.1) is 5.25 Å². The predicted molar refractivity (Wildman–Crippen MR) is 120 cm³/mol. The SMILES string of the molecule is C=CCOc1ccccc1S(=O)(=O)[C@@H]1C[C@@H](C(=O)N(C#N)C2CC2)N(C(=O)OC(C)(C)C)C1. The van der Waals surface area contributed by atoms with E-state index in [9.17, 15) is 23.3 Å². The Morgan fingerprint density at radius 3 is 2.55 bits per heavy atom. The smallest absolute Gasteiger partial charge is 0.411 e. The van der Waals surface area contributed by atoms with Gasteiger partial charge in [-0.1, -0.05) is 24.8 Å². The standard InChI is InChI=1S/C23H29N3O6S/c1-5-12-31-19-8-6-7-9-20(19)33(29,30)17-13-18(21(27)26(15-24)16-10-11-16)25(14-17)22(28)32-23(2,3)4/h5-9,16-18H,1,10-14H2,2-4H3/t17-,18+/m1/s1. The van der Waals surface area contributed by atoms with E-state index in [1.54, 1.807) is 39.0 Å². The minimum Gasteiger partial charge on any atom is -0.488 e. The van der Waals surface area contributed by atoms with Crippen LogP contribution in [0.25, 0.3) is 0 Å². The fourth-order valence-electron chi connectivity index (χ4n) is 3.72. The van der Waals surface area contributed by atoms with Crippen LogP contribution in [0.3, 0.4) is 0 Å². The van der Waals surface area contributed by atoms with E-state index in [2.05, 4.69) is 6.58 Å². The number of rotatable bonds is 7. The molecule has 1 aliphatic heterocycles. The maximum atomic E-state index is 13.6. The van der Waals surface area contributed by atoms with Gasteiger partial charge in [0.15, 0.2) is 16.0 Å². The van der Waals surface area contributed by atoms with Crippen LogP contribution in [0.5, 0.6) is 5.75 Å². The number of sulfone groups is 1. The average molecular weight is 476 g/mol. The molecule has 2 fully saturated rings. The van der Waals surface area contributed by atoms with Gasteiger partial charge in [-0.15, -0.1) is 0 Å². The van der Waals surface area contributed by atoms with Crippen molar-refractivity contribution in [1.29, 1.82) is 5.26 Å².